The highest BCUT2D eigenvalue weighted by Crippen LogP contribution is 2.20. The maximum atomic E-state index is 12.4. The van der Waals surface area contributed by atoms with Crippen molar-refractivity contribution in [1.29, 1.82) is 0 Å². The molecule has 1 aliphatic heterocycles. The molecular weight excluding hydrogens is 350 g/mol. The van der Waals surface area contributed by atoms with E-state index in [0.29, 0.717) is 18.5 Å². The molecule has 1 fully saturated rings. The number of amides is 3. The Kier molecular flexibility index (Phi) is 5.88. The van der Waals surface area contributed by atoms with Gasteiger partial charge in [0.1, 0.15) is 12.1 Å². The molecule has 8 nitrogen and oxygen atoms in total. The van der Waals surface area contributed by atoms with Crippen LogP contribution in [0.25, 0.3) is 0 Å². The number of ketones is 1. The van der Waals surface area contributed by atoms with Crippen molar-refractivity contribution in [2.24, 2.45) is 0 Å². The number of imide groups is 1. The number of carbonyl (C=O) groups is 4. The molecule has 8 heteroatoms. The molecule has 1 aromatic heterocycles. The number of hydrogen-bond acceptors (Lipinski definition) is 5. The molecule has 1 saturated heterocycles. The van der Waals surface area contributed by atoms with Gasteiger partial charge in [-0.25, -0.2) is 4.79 Å². The molecule has 1 atom stereocenters. The van der Waals surface area contributed by atoms with Crippen LogP contribution in [0.5, 0.6) is 0 Å². The van der Waals surface area contributed by atoms with Crippen molar-refractivity contribution in [3.05, 3.63) is 35.7 Å². The first-order valence-electron chi connectivity index (χ1n) is 8.75. The Morgan fingerprint density at radius 1 is 1.33 bits per heavy atom. The van der Waals surface area contributed by atoms with Crippen molar-refractivity contribution in [2.45, 2.75) is 46.2 Å². The second-order valence-electron chi connectivity index (χ2n) is 6.78. The first kappa shape index (κ1) is 20.4. The van der Waals surface area contributed by atoms with E-state index in [4.69, 9.17) is 4.74 Å². The molecule has 0 unspecified atom stereocenters. The first-order chi connectivity index (χ1) is 12.6. The number of esters is 1. The van der Waals surface area contributed by atoms with Crippen molar-refractivity contribution in [3.8, 4) is 0 Å². The van der Waals surface area contributed by atoms with Crippen LogP contribution in [0, 0.1) is 13.8 Å². The van der Waals surface area contributed by atoms with Gasteiger partial charge in [-0.2, -0.15) is 0 Å². The highest BCUT2D eigenvalue weighted by molar-refractivity contribution is 6.08. The van der Waals surface area contributed by atoms with Gasteiger partial charge < -0.3 is 14.6 Å². The zero-order valence-corrected chi connectivity index (χ0v) is 16.1. The minimum Gasteiger partial charge on any atom is -0.456 e. The van der Waals surface area contributed by atoms with Crippen molar-refractivity contribution >= 4 is 23.7 Å². The number of urea groups is 1. The number of aromatic nitrogens is 1. The summed E-state index contributed by atoms with van der Waals surface area (Å²) in [5, 5.41) is 2.56. The van der Waals surface area contributed by atoms with E-state index >= 15 is 0 Å². The standard InChI is InChI=1S/C19H25N3O5/c1-6-8-21-12(3)9-14(13(21)4)15(23)11-27-16(24)10-22-17(25)19(5,7-2)20-18(22)26/h6,9H,1,7-8,10-11H2,2-5H3,(H,20,26)/t19-/m1/s1. The summed E-state index contributed by atoms with van der Waals surface area (Å²) >= 11 is 0. The van der Waals surface area contributed by atoms with Gasteiger partial charge >= 0.3 is 12.0 Å². The third kappa shape index (κ3) is 3.94. The Morgan fingerprint density at radius 2 is 2.00 bits per heavy atom. The Bertz CT molecular complexity index is 811. The van der Waals surface area contributed by atoms with E-state index in [0.717, 1.165) is 16.3 Å². The lowest BCUT2D eigenvalue weighted by Crippen LogP contribution is -2.43. The van der Waals surface area contributed by atoms with Crippen LogP contribution in [0.1, 0.15) is 42.0 Å². The van der Waals surface area contributed by atoms with Crippen molar-refractivity contribution in [1.82, 2.24) is 14.8 Å². The van der Waals surface area contributed by atoms with Crippen molar-refractivity contribution in [3.63, 3.8) is 0 Å². The van der Waals surface area contributed by atoms with Crippen LogP contribution < -0.4 is 5.32 Å². The Labute approximate surface area is 158 Å². The van der Waals surface area contributed by atoms with Crippen LogP contribution in [0.3, 0.4) is 0 Å². The molecule has 146 valence electrons. The van der Waals surface area contributed by atoms with Crippen LogP contribution in [0.2, 0.25) is 0 Å². The quantitative estimate of drug-likeness (QED) is 0.323. The Hall–Kier alpha value is -2.90. The summed E-state index contributed by atoms with van der Waals surface area (Å²) in [5.41, 5.74) is 1.12. The lowest BCUT2D eigenvalue weighted by molar-refractivity contribution is -0.146. The van der Waals surface area contributed by atoms with Crippen LogP contribution in [-0.2, 0) is 20.9 Å². The second-order valence-corrected chi connectivity index (χ2v) is 6.78. The number of rotatable bonds is 8. The van der Waals surface area contributed by atoms with E-state index in [1.165, 1.54) is 0 Å². The molecule has 0 radical (unpaired) electrons. The third-order valence-corrected chi connectivity index (χ3v) is 4.89. The fraction of sp³-hybridized carbons (Fsp3) is 0.474. The van der Waals surface area contributed by atoms with E-state index < -0.39 is 36.6 Å². The van der Waals surface area contributed by atoms with Gasteiger partial charge in [0.25, 0.3) is 5.91 Å². The normalized spacial score (nSPS) is 19.2. The van der Waals surface area contributed by atoms with Crippen molar-refractivity contribution < 1.29 is 23.9 Å². The Balaban J connectivity index is 1.97. The number of nitrogens with zero attached hydrogens (tertiary/aromatic N) is 2. The van der Waals surface area contributed by atoms with Gasteiger partial charge in [0, 0.05) is 23.5 Å². The summed E-state index contributed by atoms with van der Waals surface area (Å²) in [5.74, 6) is -1.64. The number of ether oxygens (including phenoxy) is 1. The van der Waals surface area contributed by atoms with E-state index in [1.807, 2.05) is 18.4 Å². The topological polar surface area (TPSA) is 97.7 Å². The molecule has 0 aliphatic carbocycles. The average Bonchev–Trinajstić information content (AvgIpc) is 3.02. The fourth-order valence-electron chi connectivity index (χ4n) is 3.02. The fourth-order valence-corrected chi connectivity index (χ4v) is 3.02. The van der Waals surface area contributed by atoms with E-state index in [2.05, 4.69) is 11.9 Å². The predicted octanol–water partition coefficient (Wildman–Crippen LogP) is 1.74. The molecule has 27 heavy (non-hydrogen) atoms. The molecule has 2 heterocycles. The van der Waals surface area contributed by atoms with Crippen LogP contribution in [-0.4, -0.2) is 51.8 Å². The molecule has 2 rings (SSSR count). The zero-order valence-electron chi connectivity index (χ0n) is 16.1. The molecule has 0 spiro atoms. The summed E-state index contributed by atoms with van der Waals surface area (Å²) in [6, 6.07) is 1.10. The van der Waals surface area contributed by atoms with E-state index in [1.54, 1.807) is 26.0 Å². The number of allylic oxidation sites excluding steroid dienone is 1. The third-order valence-electron chi connectivity index (χ3n) is 4.89. The maximum Gasteiger partial charge on any atom is 0.326 e. The summed E-state index contributed by atoms with van der Waals surface area (Å²) in [7, 11) is 0. The van der Waals surface area contributed by atoms with Crippen LogP contribution >= 0.6 is 0 Å². The summed E-state index contributed by atoms with van der Waals surface area (Å²) < 4.78 is 6.92. The van der Waals surface area contributed by atoms with Gasteiger partial charge in [0.15, 0.2) is 6.61 Å². The maximum absolute atomic E-state index is 12.4. The number of carbonyl (C=O) groups excluding carboxylic acids is 4. The minimum absolute atomic E-state index is 0.345. The number of Topliss-reactive ketones (excluding diaryl/α,β-unsaturated/α-hetero) is 1. The first-order valence-corrected chi connectivity index (χ1v) is 8.75. The van der Waals surface area contributed by atoms with Gasteiger partial charge in [0.05, 0.1) is 0 Å². The van der Waals surface area contributed by atoms with Crippen LogP contribution in [0.4, 0.5) is 4.79 Å². The summed E-state index contributed by atoms with van der Waals surface area (Å²) in [4.78, 5) is 49.4. The molecular formula is C19H25N3O5. The number of nitrogens with one attached hydrogen (secondary N) is 1. The van der Waals surface area contributed by atoms with Crippen LogP contribution in [0.15, 0.2) is 18.7 Å². The molecule has 1 N–H and O–H groups in total. The highest BCUT2D eigenvalue weighted by Gasteiger charge is 2.47. The van der Waals surface area contributed by atoms with Gasteiger partial charge in [-0.05, 0) is 33.3 Å². The van der Waals surface area contributed by atoms with E-state index in [9.17, 15) is 19.2 Å². The van der Waals surface area contributed by atoms with E-state index in [-0.39, 0.29) is 5.78 Å². The average molecular weight is 375 g/mol. The van der Waals surface area contributed by atoms with Gasteiger partial charge in [-0.3, -0.25) is 19.3 Å². The molecule has 0 bridgehead atoms. The number of aryl methyl sites for hydroxylation is 1. The van der Waals surface area contributed by atoms with Gasteiger partial charge in [0.2, 0.25) is 5.78 Å². The molecule has 1 aliphatic rings. The molecule has 0 saturated carbocycles. The summed E-state index contributed by atoms with van der Waals surface area (Å²) in [6.07, 6.45) is 2.14. The second kappa shape index (κ2) is 7.77. The summed E-state index contributed by atoms with van der Waals surface area (Å²) in [6.45, 7) is 10.3. The highest BCUT2D eigenvalue weighted by atomic mass is 16.5. The molecule has 1 aromatic rings. The van der Waals surface area contributed by atoms with Gasteiger partial charge in [-0.15, -0.1) is 6.58 Å². The minimum atomic E-state index is -1.02. The zero-order chi connectivity index (χ0) is 20.4. The lowest BCUT2D eigenvalue weighted by Gasteiger charge is -2.18. The number of hydrogen-bond donors (Lipinski definition) is 1. The molecule has 0 aromatic carbocycles. The Morgan fingerprint density at radius 3 is 2.56 bits per heavy atom. The lowest BCUT2D eigenvalue weighted by atomic mass is 9.99. The smallest absolute Gasteiger partial charge is 0.326 e. The predicted molar refractivity (Wildman–Crippen MR) is 98.3 cm³/mol. The monoisotopic (exact) mass is 375 g/mol. The molecule has 3 amide bonds. The largest absolute Gasteiger partial charge is 0.456 e. The van der Waals surface area contributed by atoms with Crippen molar-refractivity contribution in [2.75, 3.05) is 13.2 Å². The van der Waals surface area contributed by atoms with Gasteiger partial charge in [-0.1, -0.05) is 13.0 Å². The SMILES string of the molecule is C=CCn1c(C)cc(C(=O)COC(=O)CN2C(=O)N[C@](C)(CC)C2=O)c1C.